The first-order valence-corrected chi connectivity index (χ1v) is 4.53. The van der Waals surface area contributed by atoms with Gasteiger partial charge < -0.3 is 9.47 Å². The zero-order valence-electron chi connectivity index (χ0n) is 8.37. The topological polar surface area (TPSA) is 52.6 Å². The molecule has 1 aliphatic carbocycles. The third-order valence-electron chi connectivity index (χ3n) is 2.41. The van der Waals surface area contributed by atoms with Crippen LogP contribution in [0.15, 0.2) is 11.6 Å². The van der Waals surface area contributed by atoms with Crippen LogP contribution in [0.1, 0.15) is 20.8 Å². The number of hydrogen-bond donors (Lipinski definition) is 0. The fourth-order valence-corrected chi connectivity index (χ4v) is 1.79. The SMILES string of the molecule is CC1=CC(=O)C(=O)[C@@H]2OC(C)(C)O[C@H]12. The Morgan fingerprint density at radius 2 is 1.79 bits per heavy atom. The van der Waals surface area contributed by atoms with E-state index in [9.17, 15) is 9.59 Å². The van der Waals surface area contributed by atoms with E-state index < -0.39 is 29.6 Å². The minimum absolute atomic E-state index is 0.393. The van der Waals surface area contributed by atoms with E-state index in [1.807, 2.05) is 0 Å². The highest BCUT2D eigenvalue weighted by atomic mass is 16.8. The highest BCUT2D eigenvalue weighted by Gasteiger charge is 2.49. The number of carbonyl (C=O) groups is 2. The molecule has 0 radical (unpaired) electrons. The third-order valence-corrected chi connectivity index (χ3v) is 2.41. The van der Waals surface area contributed by atoms with Crippen LogP contribution in [-0.2, 0) is 19.1 Å². The Labute approximate surface area is 81.9 Å². The molecule has 1 aliphatic heterocycles. The van der Waals surface area contributed by atoms with Gasteiger partial charge in [-0.1, -0.05) is 0 Å². The van der Waals surface area contributed by atoms with Gasteiger partial charge >= 0.3 is 0 Å². The van der Waals surface area contributed by atoms with E-state index in [2.05, 4.69) is 0 Å². The van der Waals surface area contributed by atoms with Gasteiger partial charge in [0.15, 0.2) is 11.9 Å². The van der Waals surface area contributed by atoms with Crippen molar-refractivity contribution in [1.82, 2.24) is 0 Å². The summed E-state index contributed by atoms with van der Waals surface area (Å²) in [6, 6.07) is 0. The normalized spacial score (nSPS) is 35.5. The molecule has 0 spiro atoms. The fourth-order valence-electron chi connectivity index (χ4n) is 1.79. The molecule has 0 aromatic heterocycles. The van der Waals surface area contributed by atoms with Gasteiger partial charge in [-0.2, -0.15) is 0 Å². The average molecular weight is 196 g/mol. The Hall–Kier alpha value is -1.00. The summed E-state index contributed by atoms with van der Waals surface area (Å²) in [7, 11) is 0. The van der Waals surface area contributed by atoms with Crippen molar-refractivity contribution in [3.63, 3.8) is 0 Å². The molecule has 0 amide bonds. The predicted molar refractivity (Wildman–Crippen MR) is 47.6 cm³/mol. The number of Topliss-reactive ketones (excluding diaryl/α,β-unsaturated/α-hetero) is 1. The van der Waals surface area contributed by atoms with Crippen LogP contribution in [0.4, 0.5) is 0 Å². The standard InChI is InChI=1S/C10H12O4/c1-5-4-6(11)7(12)9-8(5)13-10(2,3)14-9/h4,8-9H,1-3H3/t8-,9+/m1/s1. The second kappa shape index (κ2) is 2.74. The van der Waals surface area contributed by atoms with Gasteiger partial charge in [0.05, 0.1) is 0 Å². The highest BCUT2D eigenvalue weighted by molar-refractivity contribution is 6.44. The number of carbonyl (C=O) groups excluding carboxylic acids is 2. The molecule has 1 fully saturated rings. The van der Waals surface area contributed by atoms with Gasteiger partial charge in [-0.25, -0.2) is 0 Å². The van der Waals surface area contributed by atoms with Gasteiger partial charge in [-0.05, 0) is 32.4 Å². The Balaban J connectivity index is 2.37. The molecular weight excluding hydrogens is 184 g/mol. The van der Waals surface area contributed by atoms with E-state index in [4.69, 9.17) is 9.47 Å². The van der Waals surface area contributed by atoms with Crippen LogP contribution in [-0.4, -0.2) is 29.6 Å². The Morgan fingerprint density at radius 3 is 2.43 bits per heavy atom. The fraction of sp³-hybridized carbons (Fsp3) is 0.600. The van der Waals surface area contributed by atoms with Gasteiger partial charge in [-0.3, -0.25) is 9.59 Å². The van der Waals surface area contributed by atoms with Gasteiger partial charge in [0.1, 0.15) is 6.10 Å². The van der Waals surface area contributed by atoms with E-state index in [0.29, 0.717) is 0 Å². The van der Waals surface area contributed by atoms with Crippen molar-refractivity contribution in [3.05, 3.63) is 11.6 Å². The summed E-state index contributed by atoms with van der Waals surface area (Å²) < 4.78 is 10.9. The molecule has 0 bridgehead atoms. The molecule has 0 saturated carbocycles. The number of rotatable bonds is 0. The molecule has 2 rings (SSSR count). The van der Waals surface area contributed by atoms with Crippen LogP contribution in [0.5, 0.6) is 0 Å². The highest BCUT2D eigenvalue weighted by Crippen LogP contribution is 2.34. The first-order chi connectivity index (χ1) is 6.41. The molecular formula is C10H12O4. The molecule has 14 heavy (non-hydrogen) atoms. The van der Waals surface area contributed by atoms with Crippen molar-refractivity contribution >= 4 is 11.6 Å². The van der Waals surface area contributed by atoms with E-state index in [1.165, 1.54) is 6.08 Å². The van der Waals surface area contributed by atoms with E-state index in [-0.39, 0.29) is 0 Å². The predicted octanol–water partition coefficient (Wildman–Crippen LogP) is 0.605. The van der Waals surface area contributed by atoms with Crippen LogP contribution < -0.4 is 0 Å². The lowest BCUT2D eigenvalue weighted by molar-refractivity contribution is -0.155. The maximum atomic E-state index is 11.4. The first kappa shape index (κ1) is 9.55. The zero-order valence-corrected chi connectivity index (χ0v) is 8.37. The summed E-state index contributed by atoms with van der Waals surface area (Å²) in [6.45, 7) is 5.24. The molecule has 0 N–H and O–H groups in total. The average Bonchev–Trinajstić information content (AvgIpc) is 2.38. The van der Waals surface area contributed by atoms with Crippen molar-refractivity contribution in [2.75, 3.05) is 0 Å². The Morgan fingerprint density at radius 1 is 1.21 bits per heavy atom. The largest absolute Gasteiger partial charge is 0.340 e. The molecule has 76 valence electrons. The molecule has 1 saturated heterocycles. The molecule has 4 heteroatoms. The third kappa shape index (κ3) is 1.31. The van der Waals surface area contributed by atoms with Crippen LogP contribution >= 0.6 is 0 Å². The van der Waals surface area contributed by atoms with Gasteiger partial charge in [0.2, 0.25) is 11.6 Å². The van der Waals surface area contributed by atoms with Gasteiger partial charge in [0, 0.05) is 0 Å². The maximum Gasteiger partial charge on any atom is 0.234 e. The van der Waals surface area contributed by atoms with E-state index in [0.717, 1.165) is 5.57 Å². The molecule has 4 nitrogen and oxygen atoms in total. The quantitative estimate of drug-likeness (QED) is 0.532. The molecule has 1 heterocycles. The second-order valence-electron chi connectivity index (χ2n) is 4.09. The number of allylic oxidation sites excluding steroid dienone is 1. The molecule has 0 unspecified atom stereocenters. The second-order valence-corrected chi connectivity index (χ2v) is 4.09. The van der Waals surface area contributed by atoms with E-state index >= 15 is 0 Å². The maximum absolute atomic E-state index is 11.4. The number of ketones is 2. The molecule has 0 aromatic rings. The lowest BCUT2D eigenvalue weighted by Gasteiger charge is -2.19. The van der Waals surface area contributed by atoms with Crippen LogP contribution in [0.3, 0.4) is 0 Å². The van der Waals surface area contributed by atoms with Crippen LogP contribution in [0, 0.1) is 0 Å². The number of fused-ring (bicyclic) bond motifs is 1. The van der Waals surface area contributed by atoms with Crippen LogP contribution in [0.2, 0.25) is 0 Å². The molecule has 2 aliphatic rings. The van der Waals surface area contributed by atoms with Crippen LogP contribution in [0.25, 0.3) is 0 Å². The smallest absolute Gasteiger partial charge is 0.234 e. The summed E-state index contributed by atoms with van der Waals surface area (Å²) in [6.07, 6.45) is 0.187. The lowest BCUT2D eigenvalue weighted by Crippen LogP contribution is -2.40. The Kier molecular flexibility index (Phi) is 1.87. The minimum atomic E-state index is -0.787. The molecule has 2 atom stereocenters. The van der Waals surface area contributed by atoms with Crippen molar-refractivity contribution in [2.45, 2.75) is 38.8 Å². The van der Waals surface area contributed by atoms with Crippen molar-refractivity contribution in [3.8, 4) is 0 Å². The number of hydrogen-bond acceptors (Lipinski definition) is 4. The summed E-state index contributed by atoms with van der Waals surface area (Å²) in [5.41, 5.74) is 0.755. The Bertz CT molecular complexity index is 332. The van der Waals surface area contributed by atoms with Crippen molar-refractivity contribution in [1.29, 1.82) is 0 Å². The van der Waals surface area contributed by atoms with Gasteiger partial charge in [-0.15, -0.1) is 0 Å². The summed E-state index contributed by atoms with van der Waals surface area (Å²) in [4.78, 5) is 22.6. The zero-order chi connectivity index (χ0) is 10.5. The summed E-state index contributed by atoms with van der Waals surface area (Å²) >= 11 is 0. The van der Waals surface area contributed by atoms with E-state index in [1.54, 1.807) is 20.8 Å². The summed E-state index contributed by atoms with van der Waals surface area (Å²) in [5.74, 6) is -1.79. The van der Waals surface area contributed by atoms with Gasteiger partial charge in [0.25, 0.3) is 0 Å². The van der Waals surface area contributed by atoms with Crippen molar-refractivity contribution < 1.29 is 19.1 Å². The molecule has 0 aromatic carbocycles. The lowest BCUT2D eigenvalue weighted by atomic mass is 9.93. The monoisotopic (exact) mass is 196 g/mol. The number of ether oxygens (including phenoxy) is 2. The van der Waals surface area contributed by atoms with Crippen molar-refractivity contribution in [2.24, 2.45) is 0 Å². The minimum Gasteiger partial charge on any atom is -0.340 e. The first-order valence-electron chi connectivity index (χ1n) is 4.53. The summed E-state index contributed by atoms with van der Waals surface area (Å²) in [5, 5.41) is 0.